The summed E-state index contributed by atoms with van der Waals surface area (Å²) in [5, 5.41) is 6.46. The molecule has 1 N–H and O–H groups in total. The maximum Gasteiger partial charge on any atom is 0.225 e. The van der Waals surface area contributed by atoms with E-state index in [4.69, 9.17) is 23.2 Å². The number of amides is 1. The van der Waals surface area contributed by atoms with Crippen LogP contribution in [0.2, 0.25) is 10.0 Å². The van der Waals surface area contributed by atoms with E-state index in [1.165, 1.54) is 29.2 Å². The van der Waals surface area contributed by atoms with Crippen LogP contribution in [0.15, 0.2) is 60.7 Å². The molecule has 0 saturated heterocycles. The third-order valence-electron chi connectivity index (χ3n) is 5.09. The van der Waals surface area contributed by atoms with Crippen molar-refractivity contribution in [2.75, 3.05) is 11.9 Å². The Hall–Kier alpha value is -2.07. The molecule has 0 heterocycles. The van der Waals surface area contributed by atoms with Crippen LogP contribution in [0.1, 0.15) is 24.8 Å². The van der Waals surface area contributed by atoms with Crippen molar-refractivity contribution in [1.29, 1.82) is 0 Å². The fraction of sp³-hybridized carbons (Fsp3) is 0.261. The predicted molar refractivity (Wildman–Crippen MR) is 117 cm³/mol. The summed E-state index contributed by atoms with van der Waals surface area (Å²) in [6.07, 6.45) is 2.85. The van der Waals surface area contributed by atoms with Gasteiger partial charge in [0, 0.05) is 41.3 Å². The van der Waals surface area contributed by atoms with Crippen LogP contribution in [-0.2, 0) is 11.3 Å². The second-order valence-electron chi connectivity index (χ2n) is 7.30. The number of carbonyl (C=O) groups excluding carboxylic acids is 1. The molecule has 0 aliphatic heterocycles. The Morgan fingerprint density at radius 2 is 1.71 bits per heavy atom. The third kappa shape index (κ3) is 4.85. The minimum absolute atomic E-state index is 0.0260. The number of carbonyl (C=O) groups is 1. The van der Waals surface area contributed by atoms with Gasteiger partial charge in [-0.05, 0) is 47.4 Å². The number of nitrogens with zero attached hydrogens (tertiary/aromatic N) is 1. The standard InChI is InChI=1S/C23H22Cl2N2O/c24-18-12-19(25)14-20(13-18)26-23(28)10-11-27(21-8-9-21)15-17-6-3-5-16-4-1-2-7-22(16)17/h1-7,12-14,21H,8-11,15H2,(H,26,28). The second kappa shape index (κ2) is 8.52. The second-order valence-corrected chi connectivity index (χ2v) is 8.17. The number of nitrogens with one attached hydrogen (secondary N) is 1. The van der Waals surface area contributed by atoms with E-state index in [-0.39, 0.29) is 5.91 Å². The van der Waals surface area contributed by atoms with Crippen LogP contribution in [0.4, 0.5) is 5.69 Å². The molecule has 1 fully saturated rings. The molecule has 3 aromatic carbocycles. The fourth-order valence-corrected chi connectivity index (χ4v) is 4.10. The zero-order chi connectivity index (χ0) is 19.5. The summed E-state index contributed by atoms with van der Waals surface area (Å²) >= 11 is 12.0. The molecule has 4 rings (SSSR count). The topological polar surface area (TPSA) is 32.3 Å². The molecule has 0 spiro atoms. The number of halogens is 2. The van der Waals surface area contributed by atoms with Gasteiger partial charge in [-0.25, -0.2) is 0 Å². The Morgan fingerprint density at radius 1 is 1.00 bits per heavy atom. The van der Waals surface area contributed by atoms with E-state index in [1.807, 2.05) is 0 Å². The Labute approximate surface area is 175 Å². The summed E-state index contributed by atoms with van der Waals surface area (Å²) in [5.41, 5.74) is 1.95. The maximum absolute atomic E-state index is 12.4. The molecular weight excluding hydrogens is 391 g/mol. The van der Waals surface area contributed by atoms with E-state index in [0.717, 1.165) is 13.1 Å². The summed E-state index contributed by atoms with van der Waals surface area (Å²) in [7, 11) is 0. The van der Waals surface area contributed by atoms with Gasteiger partial charge in [0.05, 0.1) is 0 Å². The van der Waals surface area contributed by atoms with Gasteiger partial charge in [0.15, 0.2) is 0 Å². The number of anilines is 1. The number of benzene rings is 3. The molecule has 5 heteroatoms. The molecule has 1 amide bonds. The van der Waals surface area contributed by atoms with Crippen LogP contribution < -0.4 is 5.32 Å². The molecule has 144 valence electrons. The highest BCUT2D eigenvalue weighted by Gasteiger charge is 2.29. The Kier molecular flexibility index (Phi) is 5.86. The summed E-state index contributed by atoms with van der Waals surface area (Å²) in [5.74, 6) is -0.0260. The number of fused-ring (bicyclic) bond motifs is 1. The van der Waals surface area contributed by atoms with Crippen molar-refractivity contribution in [3.05, 3.63) is 76.3 Å². The zero-order valence-electron chi connectivity index (χ0n) is 15.5. The van der Waals surface area contributed by atoms with Crippen molar-refractivity contribution in [3.8, 4) is 0 Å². The lowest BCUT2D eigenvalue weighted by atomic mass is 10.0. The molecule has 0 radical (unpaired) electrons. The highest BCUT2D eigenvalue weighted by molar-refractivity contribution is 6.35. The molecule has 0 bridgehead atoms. The van der Waals surface area contributed by atoms with Crippen LogP contribution in [0.3, 0.4) is 0 Å². The number of hydrogen-bond donors (Lipinski definition) is 1. The summed E-state index contributed by atoms with van der Waals surface area (Å²) < 4.78 is 0. The molecule has 3 nitrogen and oxygen atoms in total. The van der Waals surface area contributed by atoms with E-state index in [2.05, 4.69) is 52.7 Å². The molecule has 0 atom stereocenters. The van der Waals surface area contributed by atoms with Gasteiger partial charge in [0.25, 0.3) is 0 Å². The third-order valence-corrected chi connectivity index (χ3v) is 5.53. The van der Waals surface area contributed by atoms with Crippen molar-refractivity contribution < 1.29 is 4.79 Å². The quantitative estimate of drug-likeness (QED) is 0.505. The van der Waals surface area contributed by atoms with Gasteiger partial charge in [0.2, 0.25) is 5.91 Å². The van der Waals surface area contributed by atoms with Crippen LogP contribution in [0.25, 0.3) is 10.8 Å². The normalized spacial score (nSPS) is 13.8. The first-order valence-corrected chi connectivity index (χ1v) is 10.3. The first-order chi connectivity index (χ1) is 13.6. The average Bonchev–Trinajstić information content (AvgIpc) is 3.49. The summed E-state index contributed by atoms with van der Waals surface area (Å²) in [6, 6.07) is 20.5. The fourth-order valence-electron chi connectivity index (χ4n) is 3.57. The Balaban J connectivity index is 1.41. The smallest absolute Gasteiger partial charge is 0.225 e. The summed E-state index contributed by atoms with van der Waals surface area (Å²) in [4.78, 5) is 14.8. The molecule has 1 saturated carbocycles. The van der Waals surface area contributed by atoms with Gasteiger partial charge >= 0.3 is 0 Å². The minimum Gasteiger partial charge on any atom is -0.326 e. The van der Waals surface area contributed by atoms with E-state index >= 15 is 0 Å². The van der Waals surface area contributed by atoms with Gasteiger partial charge in [0.1, 0.15) is 0 Å². The van der Waals surface area contributed by atoms with Crippen molar-refractivity contribution in [2.24, 2.45) is 0 Å². The zero-order valence-corrected chi connectivity index (χ0v) is 17.0. The molecule has 28 heavy (non-hydrogen) atoms. The lowest BCUT2D eigenvalue weighted by Crippen LogP contribution is -2.29. The van der Waals surface area contributed by atoms with Crippen LogP contribution in [0.5, 0.6) is 0 Å². The molecule has 1 aliphatic rings. The van der Waals surface area contributed by atoms with E-state index in [9.17, 15) is 4.79 Å². The highest BCUT2D eigenvalue weighted by atomic mass is 35.5. The van der Waals surface area contributed by atoms with E-state index < -0.39 is 0 Å². The minimum atomic E-state index is -0.0260. The van der Waals surface area contributed by atoms with Gasteiger partial charge in [-0.15, -0.1) is 0 Å². The van der Waals surface area contributed by atoms with Gasteiger partial charge in [-0.1, -0.05) is 65.7 Å². The molecule has 0 aromatic heterocycles. The van der Waals surface area contributed by atoms with E-state index in [1.54, 1.807) is 18.2 Å². The highest BCUT2D eigenvalue weighted by Crippen LogP contribution is 2.30. The number of hydrogen-bond acceptors (Lipinski definition) is 2. The average molecular weight is 413 g/mol. The lowest BCUT2D eigenvalue weighted by molar-refractivity contribution is -0.116. The molecule has 1 aliphatic carbocycles. The largest absolute Gasteiger partial charge is 0.326 e. The molecule has 3 aromatic rings. The number of rotatable bonds is 7. The van der Waals surface area contributed by atoms with Crippen LogP contribution >= 0.6 is 23.2 Å². The van der Waals surface area contributed by atoms with Crippen molar-refractivity contribution in [3.63, 3.8) is 0 Å². The maximum atomic E-state index is 12.4. The first kappa shape index (κ1) is 19.3. The predicted octanol–water partition coefficient (Wildman–Crippen LogP) is 6.14. The van der Waals surface area contributed by atoms with Crippen molar-refractivity contribution in [1.82, 2.24) is 4.90 Å². The van der Waals surface area contributed by atoms with Gasteiger partial charge in [-0.3, -0.25) is 9.69 Å². The molecular formula is C23H22Cl2N2O. The first-order valence-electron chi connectivity index (χ1n) is 9.55. The lowest BCUT2D eigenvalue weighted by Gasteiger charge is -2.22. The van der Waals surface area contributed by atoms with Crippen LogP contribution in [0, 0.1) is 0 Å². The van der Waals surface area contributed by atoms with E-state index in [0.29, 0.717) is 28.2 Å². The van der Waals surface area contributed by atoms with Crippen molar-refractivity contribution in [2.45, 2.75) is 31.8 Å². The van der Waals surface area contributed by atoms with Crippen LogP contribution in [-0.4, -0.2) is 23.4 Å². The summed E-state index contributed by atoms with van der Waals surface area (Å²) in [6.45, 7) is 1.59. The molecule has 0 unspecified atom stereocenters. The Bertz CT molecular complexity index is 975. The Morgan fingerprint density at radius 3 is 2.46 bits per heavy atom. The SMILES string of the molecule is O=C(CCN(Cc1cccc2ccccc12)C1CC1)Nc1cc(Cl)cc(Cl)c1. The van der Waals surface area contributed by atoms with Gasteiger partial charge < -0.3 is 5.32 Å². The monoisotopic (exact) mass is 412 g/mol. The van der Waals surface area contributed by atoms with Gasteiger partial charge in [-0.2, -0.15) is 0 Å². The van der Waals surface area contributed by atoms with Crippen molar-refractivity contribution >= 4 is 45.6 Å².